The molecular formula is C15H18NO6-. The van der Waals surface area contributed by atoms with E-state index in [1.54, 1.807) is 0 Å². The average molecular weight is 308 g/mol. The Bertz CT molecular complexity index is 639. The van der Waals surface area contributed by atoms with Crippen molar-refractivity contribution >= 4 is 5.97 Å². The summed E-state index contributed by atoms with van der Waals surface area (Å²) in [6.07, 6.45) is -0.802. The lowest BCUT2D eigenvalue weighted by molar-refractivity contribution is -0.313. The lowest BCUT2D eigenvalue weighted by atomic mass is 9.87. The van der Waals surface area contributed by atoms with Gasteiger partial charge in [-0.05, 0) is 35.4 Å². The molecule has 7 heteroatoms. The van der Waals surface area contributed by atoms with Gasteiger partial charge in [-0.15, -0.1) is 5.39 Å². The Morgan fingerprint density at radius 2 is 2.23 bits per heavy atom. The molecule has 0 saturated carbocycles. The fourth-order valence-electron chi connectivity index (χ4n) is 3.45. The average Bonchev–Trinajstić information content (AvgIpc) is 2.86. The van der Waals surface area contributed by atoms with E-state index in [1.165, 1.54) is 0 Å². The first-order valence-electron chi connectivity index (χ1n) is 7.06. The maximum atomic E-state index is 12.2. The van der Waals surface area contributed by atoms with Crippen molar-refractivity contribution in [2.75, 3.05) is 6.61 Å². The maximum absolute atomic E-state index is 12.2. The summed E-state index contributed by atoms with van der Waals surface area (Å²) < 4.78 is 5.27. The molecule has 120 valence electrons. The number of hydrogen-bond acceptors (Lipinski definition) is 7. The van der Waals surface area contributed by atoms with Crippen molar-refractivity contribution in [3.8, 4) is 0 Å². The second-order valence-electron chi connectivity index (χ2n) is 6.55. The lowest BCUT2D eigenvalue weighted by Crippen LogP contribution is -2.17. The van der Waals surface area contributed by atoms with Crippen LogP contribution in [-0.4, -0.2) is 28.3 Å². The minimum absolute atomic E-state index is 0.260. The molecule has 1 heterocycles. The predicted octanol–water partition coefficient (Wildman–Crippen LogP) is 1.94. The van der Waals surface area contributed by atoms with Crippen molar-refractivity contribution in [2.45, 2.75) is 39.4 Å². The van der Waals surface area contributed by atoms with Gasteiger partial charge in [-0.2, -0.15) is 0 Å². The smallest absolute Gasteiger partial charge is 0.339 e. The van der Waals surface area contributed by atoms with E-state index in [-0.39, 0.29) is 12.0 Å². The zero-order valence-electron chi connectivity index (χ0n) is 12.6. The molecule has 22 heavy (non-hydrogen) atoms. The molecule has 1 aromatic carbocycles. The third-order valence-corrected chi connectivity index (χ3v) is 4.50. The summed E-state index contributed by atoms with van der Waals surface area (Å²) in [5.74, 6) is -0.483. The van der Waals surface area contributed by atoms with E-state index >= 15 is 0 Å². The van der Waals surface area contributed by atoms with Crippen LogP contribution in [-0.2, 0) is 16.0 Å². The molecule has 2 atom stereocenters. The van der Waals surface area contributed by atoms with Crippen molar-refractivity contribution in [1.29, 1.82) is 0 Å². The highest BCUT2D eigenvalue weighted by atomic mass is 17.1. The van der Waals surface area contributed by atoms with Crippen LogP contribution >= 0.6 is 0 Å². The number of cyclic esters (lactones) is 1. The lowest BCUT2D eigenvalue weighted by Gasteiger charge is -2.22. The number of benzene rings is 1. The quantitative estimate of drug-likeness (QED) is 0.649. The molecule has 0 saturated heterocycles. The second-order valence-corrected chi connectivity index (χ2v) is 6.55. The van der Waals surface area contributed by atoms with E-state index in [0.717, 1.165) is 16.7 Å². The SMILES string of the molecule is Cc1cc2c(c3c1C(CON([O-])O)OC3=O)CC(C)(C)C2O. The highest BCUT2D eigenvalue weighted by Gasteiger charge is 2.44. The zero-order valence-corrected chi connectivity index (χ0v) is 12.6. The Kier molecular flexibility index (Phi) is 3.50. The van der Waals surface area contributed by atoms with Gasteiger partial charge in [0.15, 0.2) is 6.10 Å². The van der Waals surface area contributed by atoms with Crippen LogP contribution in [0.2, 0.25) is 0 Å². The molecule has 0 fully saturated rings. The van der Waals surface area contributed by atoms with Gasteiger partial charge in [-0.3, -0.25) is 4.84 Å². The van der Waals surface area contributed by atoms with E-state index in [4.69, 9.17) is 9.94 Å². The van der Waals surface area contributed by atoms with Gasteiger partial charge in [-0.1, -0.05) is 19.9 Å². The molecular weight excluding hydrogens is 290 g/mol. The number of carbonyl (C=O) groups is 1. The van der Waals surface area contributed by atoms with Crippen LogP contribution in [0.1, 0.15) is 58.7 Å². The van der Waals surface area contributed by atoms with Crippen molar-refractivity contribution in [1.82, 2.24) is 5.39 Å². The van der Waals surface area contributed by atoms with Gasteiger partial charge in [0.05, 0.1) is 11.7 Å². The molecule has 1 aliphatic carbocycles. The number of nitrogens with zero attached hydrogens (tertiary/aromatic N) is 1. The summed E-state index contributed by atoms with van der Waals surface area (Å²) in [5, 5.41) is 28.8. The van der Waals surface area contributed by atoms with Crippen LogP contribution in [0.15, 0.2) is 6.07 Å². The van der Waals surface area contributed by atoms with Crippen LogP contribution in [0.3, 0.4) is 0 Å². The molecule has 1 aromatic rings. The Hall–Kier alpha value is -1.51. The predicted molar refractivity (Wildman–Crippen MR) is 74.7 cm³/mol. The highest BCUT2D eigenvalue weighted by Crippen LogP contribution is 2.50. The van der Waals surface area contributed by atoms with E-state index < -0.39 is 23.6 Å². The van der Waals surface area contributed by atoms with Crippen molar-refractivity contribution in [2.24, 2.45) is 5.41 Å². The molecule has 0 amide bonds. The molecule has 0 spiro atoms. The van der Waals surface area contributed by atoms with Crippen LogP contribution in [0.25, 0.3) is 0 Å². The van der Waals surface area contributed by atoms with E-state index in [2.05, 4.69) is 4.84 Å². The van der Waals surface area contributed by atoms with Crippen LogP contribution in [0.4, 0.5) is 0 Å². The van der Waals surface area contributed by atoms with Gasteiger partial charge in [0.25, 0.3) is 0 Å². The molecule has 0 radical (unpaired) electrons. The summed E-state index contributed by atoms with van der Waals surface area (Å²) in [6.45, 7) is 5.45. The first-order valence-corrected chi connectivity index (χ1v) is 7.06. The van der Waals surface area contributed by atoms with Crippen LogP contribution < -0.4 is 0 Å². The minimum Gasteiger partial charge on any atom is -0.738 e. The summed E-state index contributed by atoms with van der Waals surface area (Å²) in [4.78, 5) is 16.7. The number of aliphatic hydroxyl groups excluding tert-OH is 1. The van der Waals surface area contributed by atoms with Gasteiger partial charge in [0.1, 0.15) is 6.61 Å². The van der Waals surface area contributed by atoms with Crippen LogP contribution in [0.5, 0.6) is 0 Å². The van der Waals surface area contributed by atoms with Crippen molar-refractivity contribution in [3.05, 3.63) is 39.1 Å². The normalized spacial score (nSPS) is 25.3. The van der Waals surface area contributed by atoms with Gasteiger partial charge < -0.3 is 20.3 Å². The first-order chi connectivity index (χ1) is 10.2. The first kappa shape index (κ1) is 15.4. The summed E-state index contributed by atoms with van der Waals surface area (Å²) >= 11 is 0. The summed E-state index contributed by atoms with van der Waals surface area (Å²) in [7, 11) is 0. The van der Waals surface area contributed by atoms with Gasteiger partial charge >= 0.3 is 5.97 Å². The Morgan fingerprint density at radius 1 is 1.55 bits per heavy atom. The maximum Gasteiger partial charge on any atom is 0.339 e. The Balaban J connectivity index is 2.06. The molecule has 2 aliphatic rings. The van der Waals surface area contributed by atoms with Crippen molar-refractivity contribution < 1.29 is 24.7 Å². The molecule has 1 aliphatic heterocycles. The standard InChI is InChI=1S/C15H18NO6/c1-7-4-8-9(5-15(2,3)13(8)17)12-11(7)10(22-14(12)18)6-21-16(19)20/h4,10,13,17,19H,5-6H2,1-3H3/q-1. The Labute approximate surface area is 127 Å². The van der Waals surface area contributed by atoms with Crippen LogP contribution in [0, 0.1) is 17.5 Å². The number of aryl methyl sites for hydroxylation is 1. The van der Waals surface area contributed by atoms with Crippen molar-refractivity contribution in [3.63, 3.8) is 0 Å². The monoisotopic (exact) mass is 308 g/mol. The third kappa shape index (κ3) is 2.22. The number of esters is 1. The number of hydrogen-bond donors (Lipinski definition) is 2. The van der Waals surface area contributed by atoms with Gasteiger partial charge in [0.2, 0.25) is 0 Å². The van der Waals surface area contributed by atoms with Gasteiger partial charge in [0, 0.05) is 5.56 Å². The van der Waals surface area contributed by atoms with E-state index in [0.29, 0.717) is 17.5 Å². The number of fused-ring (bicyclic) bond motifs is 3. The summed E-state index contributed by atoms with van der Waals surface area (Å²) in [5.41, 5.74) is 3.12. The zero-order chi connectivity index (χ0) is 16.2. The topological polar surface area (TPSA) is 102 Å². The third-order valence-electron chi connectivity index (χ3n) is 4.50. The molecule has 2 unspecified atom stereocenters. The molecule has 3 rings (SSSR count). The van der Waals surface area contributed by atoms with E-state index in [9.17, 15) is 15.1 Å². The fourth-order valence-corrected chi connectivity index (χ4v) is 3.45. The number of ether oxygens (including phenoxy) is 1. The molecule has 2 N–H and O–H groups in total. The minimum atomic E-state index is -0.739. The highest BCUT2D eigenvalue weighted by molar-refractivity contribution is 5.97. The van der Waals surface area contributed by atoms with Gasteiger partial charge in [-0.25, -0.2) is 4.79 Å². The number of carbonyl (C=O) groups excluding carboxylic acids is 1. The largest absolute Gasteiger partial charge is 0.738 e. The molecule has 0 bridgehead atoms. The fraction of sp³-hybridized carbons (Fsp3) is 0.533. The number of aliphatic hydroxyl groups is 1. The molecule has 0 aromatic heterocycles. The Morgan fingerprint density at radius 3 is 2.86 bits per heavy atom. The number of rotatable bonds is 3. The summed E-state index contributed by atoms with van der Waals surface area (Å²) in [6, 6.07) is 1.86. The molecule has 7 nitrogen and oxygen atoms in total. The second kappa shape index (κ2) is 5.00. The van der Waals surface area contributed by atoms with E-state index in [1.807, 2.05) is 26.8 Å².